The van der Waals surface area contributed by atoms with E-state index in [0.717, 1.165) is 42.6 Å². The number of nitrogens with zero attached hydrogens (tertiary/aromatic N) is 3. The van der Waals surface area contributed by atoms with Gasteiger partial charge in [0.2, 0.25) is 0 Å². The summed E-state index contributed by atoms with van der Waals surface area (Å²) < 4.78 is 2.23. The predicted molar refractivity (Wildman–Crippen MR) is 115 cm³/mol. The minimum Gasteiger partial charge on any atom is -0.478 e. The van der Waals surface area contributed by atoms with Gasteiger partial charge in [-0.25, -0.2) is 14.8 Å². The number of aromatic carboxylic acids is 1. The van der Waals surface area contributed by atoms with Gasteiger partial charge in [0.05, 0.1) is 27.5 Å². The molecule has 1 saturated carbocycles. The molecule has 4 aromatic rings. The predicted octanol–water partition coefficient (Wildman–Crippen LogP) is 4.45. The summed E-state index contributed by atoms with van der Waals surface area (Å²) in [6, 6.07) is 11.0. The van der Waals surface area contributed by atoms with Crippen molar-refractivity contribution in [2.75, 3.05) is 0 Å². The van der Waals surface area contributed by atoms with Crippen molar-refractivity contribution in [2.24, 2.45) is 0 Å². The topological polar surface area (TPSA) is 101 Å². The second-order valence-corrected chi connectivity index (χ2v) is 7.99. The molecular weight excluding hydrogens is 380 g/mol. The molecule has 0 spiro atoms. The van der Waals surface area contributed by atoms with Crippen molar-refractivity contribution in [3.8, 4) is 11.4 Å². The fraction of sp³-hybridized carbons (Fsp3) is 0.304. The molecule has 1 fully saturated rings. The number of carboxylic acids is 1. The van der Waals surface area contributed by atoms with Gasteiger partial charge in [0.25, 0.3) is 5.56 Å². The van der Waals surface area contributed by atoms with Gasteiger partial charge < -0.3 is 14.7 Å². The fourth-order valence-corrected chi connectivity index (χ4v) is 4.54. The average Bonchev–Trinajstić information content (AvgIpc) is 3.12. The highest BCUT2D eigenvalue weighted by atomic mass is 16.4. The lowest BCUT2D eigenvalue weighted by molar-refractivity contribution is 0.0697. The Kier molecular flexibility index (Phi) is 4.38. The van der Waals surface area contributed by atoms with Crippen LogP contribution < -0.4 is 5.56 Å². The van der Waals surface area contributed by atoms with Gasteiger partial charge in [0, 0.05) is 11.6 Å². The molecule has 0 atom stereocenters. The minimum atomic E-state index is -0.968. The van der Waals surface area contributed by atoms with Crippen LogP contribution in [-0.4, -0.2) is 30.6 Å². The van der Waals surface area contributed by atoms with Crippen molar-refractivity contribution < 1.29 is 9.90 Å². The summed E-state index contributed by atoms with van der Waals surface area (Å²) in [6.07, 6.45) is 5.69. The molecule has 2 aromatic carbocycles. The van der Waals surface area contributed by atoms with Crippen LogP contribution in [0, 0.1) is 6.92 Å². The van der Waals surface area contributed by atoms with Gasteiger partial charge in [-0.05, 0) is 56.2 Å². The summed E-state index contributed by atoms with van der Waals surface area (Å²) in [5.74, 6) is 0.376. The SMILES string of the molecule is Cc1nc2ccc(-c3nc4cc(C(=O)O)ccc4n3C3CCCCC3)cc2c(=O)[nH]1. The number of nitrogens with one attached hydrogen (secondary N) is 1. The quantitative estimate of drug-likeness (QED) is 0.527. The maximum atomic E-state index is 12.5. The van der Waals surface area contributed by atoms with Crippen LogP contribution in [0.2, 0.25) is 0 Å². The maximum Gasteiger partial charge on any atom is 0.335 e. The van der Waals surface area contributed by atoms with Crippen molar-refractivity contribution in [3.63, 3.8) is 0 Å². The number of rotatable bonds is 3. The molecule has 7 nitrogen and oxygen atoms in total. The maximum absolute atomic E-state index is 12.5. The van der Waals surface area contributed by atoms with E-state index in [1.165, 1.54) is 6.42 Å². The summed E-state index contributed by atoms with van der Waals surface area (Å²) in [5.41, 5.74) is 3.11. The Morgan fingerprint density at radius 2 is 1.87 bits per heavy atom. The Labute approximate surface area is 172 Å². The first-order valence-electron chi connectivity index (χ1n) is 10.3. The minimum absolute atomic E-state index is 0.173. The number of benzene rings is 2. The van der Waals surface area contributed by atoms with E-state index in [4.69, 9.17) is 4.98 Å². The zero-order valence-corrected chi connectivity index (χ0v) is 16.7. The van der Waals surface area contributed by atoms with Gasteiger partial charge in [-0.15, -0.1) is 0 Å². The van der Waals surface area contributed by atoms with Crippen molar-refractivity contribution in [2.45, 2.75) is 45.1 Å². The second kappa shape index (κ2) is 7.09. The van der Waals surface area contributed by atoms with Crippen LogP contribution >= 0.6 is 0 Å². The van der Waals surface area contributed by atoms with Gasteiger partial charge in [-0.1, -0.05) is 19.3 Å². The van der Waals surface area contributed by atoms with Crippen molar-refractivity contribution in [1.82, 2.24) is 19.5 Å². The summed E-state index contributed by atoms with van der Waals surface area (Å²) in [7, 11) is 0. The Balaban J connectivity index is 1.75. The van der Waals surface area contributed by atoms with Crippen LogP contribution in [0.15, 0.2) is 41.2 Å². The number of imidazole rings is 1. The molecule has 0 radical (unpaired) electrons. The highest BCUT2D eigenvalue weighted by Crippen LogP contribution is 2.36. The van der Waals surface area contributed by atoms with E-state index in [-0.39, 0.29) is 11.1 Å². The lowest BCUT2D eigenvalue weighted by Gasteiger charge is -2.25. The smallest absolute Gasteiger partial charge is 0.335 e. The summed E-state index contributed by atoms with van der Waals surface area (Å²) >= 11 is 0. The van der Waals surface area contributed by atoms with Crippen LogP contribution in [0.1, 0.15) is 54.3 Å². The molecule has 152 valence electrons. The number of hydrogen-bond acceptors (Lipinski definition) is 4. The third-order valence-corrected chi connectivity index (χ3v) is 5.96. The number of aromatic amines is 1. The van der Waals surface area contributed by atoms with Gasteiger partial charge in [-0.2, -0.15) is 0 Å². The standard InChI is InChI=1S/C23H22N4O3/c1-13-24-18-9-7-14(11-17(18)22(28)25-13)21-26-19-12-15(23(29)30)8-10-20(19)27(21)16-5-3-2-4-6-16/h7-12,16H,2-6H2,1H3,(H,29,30)(H,24,25,28). The molecule has 30 heavy (non-hydrogen) atoms. The summed E-state index contributed by atoms with van der Waals surface area (Å²) in [6.45, 7) is 1.76. The molecule has 1 aliphatic rings. The van der Waals surface area contributed by atoms with E-state index < -0.39 is 5.97 Å². The van der Waals surface area contributed by atoms with E-state index in [1.807, 2.05) is 24.3 Å². The molecule has 0 saturated heterocycles. The molecule has 0 aliphatic heterocycles. The first-order chi connectivity index (χ1) is 14.5. The van der Waals surface area contributed by atoms with E-state index in [9.17, 15) is 14.7 Å². The van der Waals surface area contributed by atoms with Gasteiger partial charge in [0.15, 0.2) is 0 Å². The molecule has 7 heteroatoms. The summed E-state index contributed by atoms with van der Waals surface area (Å²) in [5, 5.41) is 9.90. The number of carboxylic acid groups (broad SMARTS) is 1. The number of aryl methyl sites for hydroxylation is 1. The number of aromatic nitrogens is 4. The van der Waals surface area contributed by atoms with E-state index in [1.54, 1.807) is 19.1 Å². The van der Waals surface area contributed by atoms with E-state index in [2.05, 4.69) is 14.5 Å². The highest BCUT2D eigenvalue weighted by molar-refractivity contribution is 5.93. The molecular formula is C23H22N4O3. The first-order valence-corrected chi connectivity index (χ1v) is 10.3. The monoisotopic (exact) mass is 402 g/mol. The number of H-pyrrole nitrogens is 1. The van der Waals surface area contributed by atoms with Gasteiger partial charge in [0.1, 0.15) is 11.6 Å². The first kappa shape index (κ1) is 18.5. The largest absolute Gasteiger partial charge is 0.478 e. The third kappa shape index (κ3) is 3.07. The lowest BCUT2D eigenvalue weighted by Crippen LogP contribution is -2.14. The zero-order chi connectivity index (χ0) is 20.8. The zero-order valence-electron chi connectivity index (χ0n) is 16.7. The Morgan fingerprint density at radius 3 is 2.63 bits per heavy atom. The number of fused-ring (bicyclic) bond motifs is 2. The third-order valence-electron chi connectivity index (χ3n) is 5.96. The van der Waals surface area contributed by atoms with E-state index >= 15 is 0 Å². The Hall–Kier alpha value is -3.48. The van der Waals surface area contributed by atoms with Crippen LogP contribution in [-0.2, 0) is 0 Å². The molecule has 0 unspecified atom stereocenters. The van der Waals surface area contributed by atoms with Crippen molar-refractivity contribution in [3.05, 3.63) is 58.1 Å². The fourth-order valence-electron chi connectivity index (χ4n) is 4.54. The lowest BCUT2D eigenvalue weighted by atomic mass is 9.94. The average molecular weight is 402 g/mol. The Morgan fingerprint density at radius 1 is 1.07 bits per heavy atom. The van der Waals surface area contributed by atoms with Gasteiger partial charge >= 0.3 is 5.97 Å². The highest BCUT2D eigenvalue weighted by Gasteiger charge is 2.23. The molecule has 5 rings (SSSR count). The molecule has 2 aromatic heterocycles. The molecule has 2 heterocycles. The number of carbonyl (C=O) groups is 1. The van der Waals surface area contributed by atoms with Gasteiger partial charge in [-0.3, -0.25) is 4.79 Å². The van der Waals surface area contributed by atoms with Crippen molar-refractivity contribution in [1.29, 1.82) is 0 Å². The second-order valence-electron chi connectivity index (χ2n) is 7.99. The van der Waals surface area contributed by atoms with Crippen LogP contribution in [0.4, 0.5) is 0 Å². The number of hydrogen-bond donors (Lipinski definition) is 2. The normalized spacial score (nSPS) is 15.1. The van der Waals surface area contributed by atoms with E-state index in [0.29, 0.717) is 28.3 Å². The van der Waals surface area contributed by atoms with Crippen LogP contribution in [0.25, 0.3) is 33.3 Å². The molecule has 0 bridgehead atoms. The Bertz CT molecular complexity index is 1350. The van der Waals surface area contributed by atoms with Crippen LogP contribution in [0.3, 0.4) is 0 Å². The molecule has 1 aliphatic carbocycles. The van der Waals surface area contributed by atoms with Crippen LogP contribution in [0.5, 0.6) is 0 Å². The summed E-state index contributed by atoms with van der Waals surface area (Å²) in [4.78, 5) is 35.9. The molecule has 0 amide bonds. The molecule has 2 N–H and O–H groups in total. The van der Waals surface area contributed by atoms with Crippen molar-refractivity contribution >= 4 is 27.9 Å².